The molecule has 6 heteroatoms. The summed E-state index contributed by atoms with van der Waals surface area (Å²) in [5.74, 6) is -0.518. The molecule has 2 N–H and O–H groups in total. The Hall–Kier alpha value is -1.01. The Morgan fingerprint density at radius 3 is 2.38 bits per heavy atom. The lowest BCUT2D eigenvalue weighted by Gasteiger charge is -2.28. The zero-order valence-electron chi connectivity index (χ0n) is 8.90. The maximum absolute atomic E-state index is 11.5. The summed E-state index contributed by atoms with van der Waals surface area (Å²) in [5, 5.41) is 0. The van der Waals surface area contributed by atoms with Crippen LogP contribution in [0.3, 0.4) is 0 Å². The highest BCUT2D eigenvalue weighted by atomic mass is 32.1. The first-order chi connectivity index (χ1) is 7.52. The van der Waals surface area contributed by atoms with Gasteiger partial charge in [0.1, 0.15) is 13.2 Å². The molecule has 0 aromatic carbocycles. The lowest BCUT2D eigenvalue weighted by atomic mass is 10.0. The normalized spacial score (nSPS) is 23.4. The molecule has 88 valence electrons. The molecule has 5 nitrogen and oxygen atoms in total. The first-order valence-electron chi connectivity index (χ1n) is 5.22. The number of ether oxygens (including phenoxy) is 1. The van der Waals surface area contributed by atoms with Gasteiger partial charge in [0.25, 0.3) is 11.8 Å². The summed E-state index contributed by atoms with van der Waals surface area (Å²) in [7, 11) is 0. The van der Waals surface area contributed by atoms with Crippen molar-refractivity contribution in [3.8, 4) is 0 Å². The number of nitrogens with two attached hydrogens (primary N) is 1. The monoisotopic (exact) mass is 242 g/mol. The molecule has 1 aliphatic heterocycles. The molecule has 0 spiro atoms. The first kappa shape index (κ1) is 11.5. The average Bonchev–Trinajstić information content (AvgIpc) is 2.91. The Bertz CT molecular complexity index is 336. The van der Waals surface area contributed by atoms with Crippen molar-refractivity contribution in [1.29, 1.82) is 0 Å². The van der Waals surface area contributed by atoms with Gasteiger partial charge >= 0.3 is 0 Å². The summed E-state index contributed by atoms with van der Waals surface area (Å²) in [6, 6.07) is 0. The highest BCUT2D eigenvalue weighted by Gasteiger charge is 2.46. The minimum absolute atomic E-state index is 0.00507. The van der Waals surface area contributed by atoms with Crippen LogP contribution in [-0.2, 0) is 14.3 Å². The van der Waals surface area contributed by atoms with E-state index >= 15 is 0 Å². The molecule has 1 saturated carbocycles. The van der Waals surface area contributed by atoms with Crippen LogP contribution in [-0.4, -0.2) is 41.5 Å². The number of amides is 2. The van der Waals surface area contributed by atoms with E-state index < -0.39 is 0 Å². The molecule has 1 heterocycles. The number of hydrogen-bond acceptors (Lipinski definition) is 4. The lowest BCUT2D eigenvalue weighted by molar-refractivity contribution is -0.159. The molecule has 0 aromatic rings. The minimum Gasteiger partial charge on any atom is -0.393 e. The number of thiocarbonyl (C=S) groups is 1. The molecule has 0 unspecified atom stereocenters. The van der Waals surface area contributed by atoms with Crippen molar-refractivity contribution >= 4 is 29.0 Å². The van der Waals surface area contributed by atoms with Crippen LogP contribution in [0.1, 0.15) is 19.3 Å². The highest BCUT2D eigenvalue weighted by Crippen LogP contribution is 2.49. The van der Waals surface area contributed by atoms with Gasteiger partial charge in [0.05, 0.1) is 4.99 Å². The van der Waals surface area contributed by atoms with Crippen LogP contribution in [0.4, 0.5) is 0 Å². The van der Waals surface area contributed by atoms with Gasteiger partial charge in [0, 0.05) is 13.0 Å². The fraction of sp³-hybridized carbons (Fsp3) is 0.700. The predicted molar refractivity (Wildman–Crippen MR) is 60.6 cm³/mol. The Labute approximate surface area is 98.9 Å². The molecular formula is C10H14N2O3S. The van der Waals surface area contributed by atoms with E-state index in [1.54, 1.807) is 0 Å². The van der Waals surface area contributed by atoms with Crippen molar-refractivity contribution < 1.29 is 14.3 Å². The van der Waals surface area contributed by atoms with Crippen molar-refractivity contribution in [3.63, 3.8) is 0 Å². The molecule has 2 fully saturated rings. The van der Waals surface area contributed by atoms with Crippen LogP contribution in [0.5, 0.6) is 0 Å². The van der Waals surface area contributed by atoms with Gasteiger partial charge in [-0.05, 0) is 18.3 Å². The Kier molecular flexibility index (Phi) is 2.94. The van der Waals surface area contributed by atoms with Gasteiger partial charge < -0.3 is 10.5 Å². The second-order valence-electron chi connectivity index (χ2n) is 4.51. The molecule has 0 atom stereocenters. The lowest BCUT2D eigenvalue weighted by Crippen LogP contribution is -2.48. The minimum atomic E-state index is -0.259. The van der Waals surface area contributed by atoms with E-state index in [9.17, 15) is 9.59 Å². The number of morpholine rings is 1. The molecule has 0 bridgehead atoms. The van der Waals surface area contributed by atoms with Crippen LogP contribution >= 0.6 is 12.2 Å². The number of rotatable bonds is 4. The smallest absolute Gasteiger partial charge is 0.255 e. The summed E-state index contributed by atoms with van der Waals surface area (Å²) in [5.41, 5.74) is 5.46. The predicted octanol–water partition coefficient (Wildman–Crippen LogP) is -0.172. The van der Waals surface area contributed by atoms with Crippen molar-refractivity contribution in [1.82, 2.24) is 4.90 Å². The SMILES string of the molecule is NC(=S)CC1(CN2C(=O)COCC2=O)CC1. The van der Waals surface area contributed by atoms with E-state index in [-0.39, 0.29) is 30.4 Å². The third-order valence-corrected chi connectivity index (χ3v) is 3.20. The summed E-state index contributed by atoms with van der Waals surface area (Å²) >= 11 is 4.87. The molecule has 1 saturated heterocycles. The molecule has 0 radical (unpaired) electrons. The molecule has 0 aromatic heterocycles. The summed E-state index contributed by atoms with van der Waals surface area (Å²) in [6.07, 6.45) is 2.56. The Morgan fingerprint density at radius 1 is 1.38 bits per heavy atom. The van der Waals surface area contributed by atoms with Crippen molar-refractivity contribution in [2.75, 3.05) is 19.8 Å². The van der Waals surface area contributed by atoms with Crippen LogP contribution < -0.4 is 5.73 Å². The van der Waals surface area contributed by atoms with Crippen molar-refractivity contribution in [2.45, 2.75) is 19.3 Å². The van der Waals surface area contributed by atoms with E-state index in [0.29, 0.717) is 18.0 Å². The second-order valence-corrected chi connectivity index (χ2v) is 5.03. The number of carbonyl (C=O) groups is 2. The molecule has 2 aliphatic rings. The quantitative estimate of drug-likeness (QED) is 0.547. The highest BCUT2D eigenvalue weighted by molar-refractivity contribution is 7.80. The third-order valence-electron chi connectivity index (χ3n) is 3.05. The number of carbonyl (C=O) groups excluding carboxylic acids is 2. The van der Waals surface area contributed by atoms with E-state index in [1.807, 2.05) is 0 Å². The van der Waals surface area contributed by atoms with Crippen molar-refractivity contribution in [3.05, 3.63) is 0 Å². The van der Waals surface area contributed by atoms with Gasteiger partial charge in [-0.3, -0.25) is 14.5 Å². The van der Waals surface area contributed by atoms with Crippen molar-refractivity contribution in [2.24, 2.45) is 11.1 Å². The van der Waals surface area contributed by atoms with E-state index in [1.165, 1.54) is 4.90 Å². The van der Waals surface area contributed by atoms with Crippen LogP contribution in [0.25, 0.3) is 0 Å². The summed E-state index contributed by atoms with van der Waals surface area (Å²) < 4.78 is 4.85. The van der Waals surface area contributed by atoms with Crippen LogP contribution in [0, 0.1) is 5.41 Å². The maximum Gasteiger partial charge on any atom is 0.255 e. The van der Waals surface area contributed by atoms with Gasteiger partial charge in [-0.15, -0.1) is 0 Å². The number of imide groups is 1. The first-order valence-corrected chi connectivity index (χ1v) is 5.62. The van der Waals surface area contributed by atoms with E-state index in [4.69, 9.17) is 22.7 Å². The zero-order valence-corrected chi connectivity index (χ0v) is 9.72. The number of nitrogens with zero attached hydrogens (tertiary/aromatic N) is 1. The largest absolute Gasteiger partial charge is 0.393 e. The molecule has 1 aliphatic carbocycles. The Balaban J connectivity index is 2.00. The molecule has 2 rings (SSSR count). The van der Waals surface area contributed by atoms with Gasteiger partial charge in [-0.2, -0.15) is 0 Å². The third kappa shape index (κ3) is 2.38. The average molecular weight is 242 g/mol. The fourth-order valence-corrected chi connectivity index (χ4v) is 2.28. The number of hydrogen-bond donors (Lipinski definition) is 1. The molecule has 2 amide bonds. The van der Waals surface area contributed by atoms with Crippen LogP contribution in [0.15, 0.2) is 0 Å². The maximum atomic E-state index is 11.5. The summed E-state index contributed by atoms with van der Waals surface area (Å²) in [6.45, 7) is 0.426. The van der Waals surface area contributed by atoms with Gasteiger partial charge in [0.15, 0.2) is 0 Å². The van der Waals surface area contributed by atoms with E-state index in [2.05, 4.69) is 0 Å². The Morgan fingerprint density at radius 2 is 1.94 bits per heavy atom. The molecular weight excluding hydrogens is 228 g/mol. The fourth-order valence-electron chi connectivity index (χ4n) is 1.97. The van der Waals surface area contributed by atoms with E-state index in [0.717, 1.165) is 12.8 Å². The zero-order chi connectivity index (χ0) is 11.8. The van der Waals surface area contributed by atoms with Gasteiger partial charge in [0.2, 0.25) is 0 Å². The topological polar surface area (TPSA) is 72.6 Å². The van der Waals surface area contributed by atoms with Gasteiger partial charge in [-0.1, -0.05) is 12.2 Å². The second kappa shape index (κ2) is 4.10. The molecule has 16 heavy (non-hydrogen) atoms. The standard InChI is InChI=1S/C10H14N2O3S/c11-7(16)3-10(1-2-10)6-12-8(13)4-15-5-9(12)14/h1-6H2,(H2,11,16). The van der Waals surface area contributed by atoms with Gasteiger partial charge in [-0.25, -0.2) is 0 Å². The summed E-state index contributed by atoms with van der Waals surface area (Å²) in [4.78, 5) is 24.8. The van der Waals surface area contributed by atoms with Crippen LogP contribution in [0.2, 0.25) is 0 Å².